The van der Waals surface area contributed by atoms with Crippen LogP contribution in [0.2, 0.25) is 0 Å². The monoisotopic (exact) mass is 288 g/mol. The lowest BCUT2D eigenvalue weighted by Gasteiger charge is -2.14. The fourth-order valence-corrected chi connectivity index (χ4v) is 1.70. The van der Waals surface area contributed by atoms with Gasteiger partial charge in [-0.3, -0.25) is 0 Å². The Hall–Kier alpha value is -2.29. The van der Waals surface area contributed by atoms with Crippen molar-refractivity contribution in [3.05, 3.63) is 29.8 Å². The molecule has 108 valence electrons. The molecule has 20 heavy (non-hydrogen) atoms. The van der Waals surface area contributed by atoms with Crippen LogP contribution in [0, 0.1) is 0 Å². The van der Waals surface area contributed by atoms with Crippen LogP contribution < -0.4 is 16.4 Å². The van der Waals surface area contributed by atoms with Gasteiger partial charge in [0, 0.05) is 5.69 Å². The number of anilines is 1. The molecule has 2 rings (SSSR count). The Kier molecular flexibility index (Phi) is 3.53. The van der Waals surface area contributed by atoms with Crippen molar-refractivity contribution in [3.63, 3.8) is 0 Å². The first-order valence-electron chi connectivity index (χ1n) is 5.59. The van der Waals surface area contributed by atoms with Crippen molar-refractivity contribution >= 4 is 17.7 Å². The van der Waals surface area contributed by atoms with Crippen molar-refractivity contribution in [2.75, 3.05) is 11.9 Å². The number of carbonyl (C=O) groups is 2. The lowest BCUT2D eigenvalue weighted by atomic mass is 10.2. The first kappa shape index (κ1) is 14.1. The van der Waals surface area contributed by atoms with Gasteiger partial charge in [0.25, 0.3) is 0 Å². The predicted molar refractivity (Wildman–Crippen MR) is 63.7 cm³/mol. The van der Waals surface area contributed by atoms with Crippen LogP contribution in [-0.2, 0) is 6.18 Å². The molecule has 1 aromatic carbocycles. The smallest absolute Gasteiger partial charge is 0.321 e. The molecule has 4 amide bonds. The van der Waals surface area contributed by atoms with Gasteiger partial charge >= 0.3 is 18.2 Å². The number of nitrogens with zero attached hydrogens (tertiary/aromatic N) is 1. The van der Waals surface area contributed by atoms with Gasteiger partial charge in [0.05, 0.1) is 18.3 Å². The molecule has 1 aliphatic heterocycles. The minimum atomic E-state index is -4.51. The van der Waals surface area contributed by atoms with Crippen LogP contribution in [-0.4, -0.2) is 29.7 Å². The van der Waals surface area contributed by atoms with Crippen LogP contribution in [0.15, 0.2) is 24.3 Å². The summed E-state index contributed by atoms with van der Waals surface area (Å²) in [5, 5.41) is 4.51. The van der Waals surface area contributed by atoms with Crippen LogP contribution in [0.3, 0.4) is 0 Å². The quantitative estimate of drug-likeness (QED) is 0.732. The van der Waals surface area contributed by atoms with E-state index in [9.17, 15) is 22.8 Å². The maximum atomic E-state index is 12.5. The maximum absolute atomic E-state index is 12.5. The second kappa shape index (κ2) is 5.00. The molecule has 6 nitrogen and oxygen atoms in total. The highest BCUT2D eigenvalue weighted by Crippen LogP contribution is 2.30. The third-order valence-corrected chi connectivity index (χ3v) is 2.62. The summed E-state index contributed by atoms with van der Waals surface area (Å²) in [5.41, 5.74) is 4.48. The molecule has 0 aromatic heterocycles. The van der Waals surface area contributed by atoms with Crippen molar-refractivity contribution in [3.8, 4) is 0 Å². The topological polar surface area (TPSA) is 87.5 Å². The number of hydrogen-bond donors (Lipinski definition) is 3. The molecule has 1 fully saturated rings. The number of alkyl halides is 3. The van der Waals surface area contributed by atoms with Crippen molar-refractivity contribution in [2.45, 2.75) is 12.3 Å². The fourth-order valence-electron chi connectivity index (χ4n) is 1.70. The Balaban J connectivity index is 2.11. The molecule has 1 unspecified atom stereocenters. The van der Waals surface area contributed by atoms with E-state index >= 15 is 0 Å². The standard InChI is InChI=1S/C11H11F3N4O2/c12-11(13,14)6-2-1-3-7(4-6)16-9(19)18-5-8(15)17-10(18)20/h1-4,8H,5,15H2,(H,16,19)(H,17,20). The second-order valence-corrected chi connectivity index (χ2v) is 4.18. The Bertz CT molecular complexity index is 547. The van der Waals surface area contributed by atoms with E-state index in [4.69, 9.17) is 5.73 Å². The summed E-state index contributed by atoms with van der Waals surface area (Å²) in [5.74, 6) is 0. The molecule has 4 N–H and O–H groups in total. The largest absolute Gasteiger partial charge is 0.416 e. The van der Waals surface area contributed by atoms with Gasteiger partial charge in [0.15, 0.2) is 0 Å². The van der Waals surface area contributed by atoms with Crippen LogP contribution in [0.25, 0.3) is 0 Å². The zero-order chi connectivity index (χ0) is 14.9. The number of amides is 4. The van der Waals surface area contributed by atoms with Gasteiger partial charge in [-0.15, -0.1) is 0 Å². The summed E-state index contributed by atoms with van der Waals surface area (Å²) in [6.45, 7) is -0.0520. The predicted octanol–water partition coefficient (Wildman–Crippen LogP) is 1.55. The molecule has 0 bridgehead atoms. The van der Waals surface area contributed by atoms with E-state index in [-0.39, 0.29) is 12.2 Å². The number of imide groups is 1. The van der Waals surface area contributed by atoms with Crippen molar-refractivity contribution < 1.29 is 22.8 Å². The number of hydrogen-bond acceptors (Lipinski definition) is 3. The highest BCUT2D eigenvalue weighted by atomic mass is 19.4. The van der Waals surface area contributed by atoms with E-state index in [1.807, 2.05) is 0 Å². The highest BCUT2D eigenvalue weighted by molar-refractivity contribution is 6.01. The first-order valence-corrected chi connectivity index (χ1v) is 5.59. The van der Waals surface area contributed by atoms with Gasteiger partial charge < -0.3 is 16.4 Å². The molecule has 0 saturated carbocycles. The first-order chi connectivity index (χ1) is 9.27. The van der Waals surface area contributed by atoms with Crippen LogP contribution in [0.1, 0.15) is 5.56 Å². The van der Waals surface area contributed by atoms with Crippen molar-refractivity contribution in [2.24, 2.45) is 5.73 Å². The highest BCUT2D eigenvalue weighted by Gasteiger charge is 2.33. The number of halogens is 3. The van der Waals surface area contributed by atoms with Gasteiger partial charge in [0.2, 0.25) is 0 Å². The van der Waals surface area contributed by atoms with Gasteiger partial charge in [-0.25, -0.2) is 14.5 Å². The molecular weight excluding hydrogens is 277 g/mol. The van der Waals surface area contributed by atoms with E-state index in [0.717, 1.165) is 23.1 Å². The Morgan fingerprint density at radius 2 is 2.15 bits per heavy atom. The van der Waals surface area contributed by atoms with Crippen molar-refractivity contribution in [1.29, 1.82) is 0 Å². The minimum absolute atomic E-state index is 0.0520. The average molecular weight is 288 g/mol. The van der Waals surface area contributed by atoms with Gasteiger partial charge in [0.1, 0.15) is 0 Å². The Labute approximate surface area is 111 Å². The molecule has 1 aliphatic rings. The lowest BCUT2D eigenvalue weighted by molar-refractivity contribution is -0.137. The lowest BCUT2D eigenvalue weighted by Crippen LogP contribution is -2.37. The van der Waals surface area contributed by atoms with Gasteiger partial charge in [-0.05, 0) is 18.2 Å². The average Bonchev–Trinajstić information content (AvgIpc) is 2.68. The molecule has 1 aromatic rings. The SMILES string of the molecule is NC1CN(C(=O)Nc2cccc(C(F)(F)F)c2)C(=O)N1. The summed E-state index contributed by atoms with van der Waals surface area (Å²) in [7, 11) is 0. The number of nitrogens with one attached hydrogen (secondary N) is 2. The molecule has 1 atom stereocenters. The Morgan fingerprint density at radius 3 is 2.70 bits per heavy atom. The summed E-state index contributed by atoms with van der Waals surface area (Å²) in [6, 6.07) is 2.59. The third kappa shape index (κ3) is 2.99. The normalized spacial score (nSPS) is 18.9. The maximum Gasteiger partial charge on any atom is 0.416 e. The number of nitrogens with two attached hydrogens (primary N) is 1. The van der Waals surface area contributed by atoms with Crippen LogP contribution in [0.4, 0.5) is 28.4 Å². The molecule has 0 spiro atoms. The van der Waals surface area contributed by atoms with Crippen LogP contribution >= 0.6 is 0 Å². The fraction of sp³-hybridized carbons (Fsp3) is 0.273. The molecule has 1 saturated heterocycles. The van der Waals surface area contributed by atoms with E-state index in [1.165, 1.54) is 6.07 Å². The van der Waals surface area contributed by atoms with E-state index in [1.54, 1.807) is 0 Å². The van der Waals surface area contributed by atoms with E-state index in [0.29, 0.717) is 0 Å². The van der Waals surface area contributed by atoms with Gasteiger partial charge in [-0.2, -0.15) is 13.2 Å². The van der Waals surface area contributed by atoms with Gasteiger partial charge in [-0.1, -0.05) is 6.07 Å². The second-order valence-electron chi connectivity index (χ2n) is 4.18. The summed E-state index contributed by atoms with van der Waals surface area (Å²) < 4.78 is 37.5. The minimum Gasteiger partial charge on any atom is -0.321 e. The molecule has 9 heteroatoms. The third-order valence-electron chi connectivity index (χ3n) is 2.62. The summed E-state index contributed by atoms with van der Waals surface area (Å²) >= 11 is 0. The zero-order valence-electron chi connectivity index (χ0n) is 10.1. The number of rotatable bonds is 1. The molecule has 1 heterocycles. The van der Waals surface area contributed by atoms with Crippen LogP contribution in [0.5, 0.6) is 0 Å². The Morgan fingerprint density at radius 1 is 1.45 bits per heavy atom. The number of benzene rings is 1. The molecule has 0 aliphatic carbocycles. The molecule has 0 radical (unpaired) electrons. The molecular formula is C11H11F3N4O2. The van der Waals surface area contributed by atoms with E-state index in [2.05, 4.69) is 10.6 Å². The number of urea groups is 2. The summed E-state index contributed by atoms with van der Waals surface area (Å²) in [4.78, 5) is 23.9. The number of carbonyl (C=O) groups excluding carboxylic acids is 2. The summed E-state index contributed by atoms with van der Waals surface area (Å²) in [6.07, 6.45) is -5.19. The van der Waals surface area contributed by atoms with Crippen molar-refractivity contribution in [1.82, 2.24) is 10.2 Å². The van der Waals surface area contributed by atoms with E-state index < -0.39 is 30.0 Å². The zero-order valence-corrected chi connectivity index (χ0v) is 10.1.